The maximum atomic E-state index is 6.32. The van der Waals surface area contributed by atoms with Gasteiger partial charge in [-0.2, -0.15) is 0 Å². The fourth-order valence-corrected chi connectivity index (χ4v) is 4.72. The third-order valence-corrected chi connectivity index (χ3v) is 6.24. The molecule has 0 nitrogen and oxygen atoms in total. The van der Waals surface area contributed by atoms with Crippen LogP contribution in [0, 0.1) is 0 Å². The Balaban J connectivity index is 1.92. The molecule has 0 aliphatic heterocycles. The van der Waals surface area contributed by atoms with Crippen LogP contribution in [0.5, 0.6) is 0 Å². The zero-order valence-corrected chi connectivity index (χ0v) is 18.7. The number of hydrogen-bond acceptors (Lipinski definition) is 1. The number of rotatable bonds is 3. The minimum Gasteiger partial charge on any atom is -0.0885 e. The van der Waals surface area contributed by atoms with Crippen molar-refractivity contribution in [2.45, 2.75) is 36.0 Å². The molecule has 26 heavy (non-hydrogen) atoms. The van der Waals surface area contributed by atoms with E-state index in [1.165, 1.54) is 16.7 Å². The Morgan fingerprint density at radius 3 is 2.12 bits per heavy atom. The van der Waals surface area contributed by atoms with Crippen molar-refractivity contribution in [2.24, 2.45) is 0 Å². The van der Waals surface area contributed by atoms with Crippen LogP contribution in [-0.4, -0.2) is 0 Å². The quantitative estimate of drug-likeness (QED) is 0.372. The molecule has 0 bridgehead atoms. The van der Waals surface area contributed by atoms with Crippen LogP contribution in [0.4, 0.5) is 0 Å². The molecule has 0 unspecified atom stereocenters. The average molecular weight is 466 g/mol. The lowest BCUT2D eigenvalue weighted by Crippen LogP contribution is -2.10. The van der Waals surface area contributed by atoms with E-state index < -0.39 is 0 Å². The summed E-state index contributed by atoms with van der Waals surface area (Å²) in [5, 5.41) is 1.31. The van der Waals surface area contributed by atoms with E-state index in [2.05, 4.69) is 79.2 Å². The molecule has 134 valence electrons. The summed E-state index contributed by atoms with van der Waals surface area (Å²) in [6.07, 6.45) is 0. The molecule has 0 heterocycles. The van der Waals surface area contributed by atoms with Crippen molar-refractivity contribution in [2.75, 3.05) is 0 Å². The van der Waals surface area contributed by atoms with Gasteiger partial charge >= 0.3 is 0 Å². The van der Waals surface area contributed by atoms with E-state index in [1.807, 2.05) is 12.1 Å². The summed E-state index contributed by atoms with van der Waals surface area (Å²) in [4.78, 5) is 2.11. The molecule has 0 amide bonds. The van der Waals surface area contributed by atoms with E-state index in [4.69, 9.17) is 23.2 Å². The first kappa shape index (κ1) is 19.8. The predicted molar refractivity (Wildman–Crippen MR) is 119 cm³/mol. The topological polar surface area (TPSA) is 0 Å². The molecule has 0 aromatic heterocycles. The van der Waals surface area contributed by atoms with Crippen LogP contribution in [0.2, 0.25) is 10.0 Å². The van der Waals surface area contributed by atoms with Crippen molar-refractivity contribution >= 4 is 50.9 Å². The van der Waals surface area contributed by atoms with E-state index in [0.29, 0.717) is 10.0 Å². The van der Waals surface area contributed by atoms with Gasteiger partial charge in [0, 0.05) is 19.3 Å². The number of hydrogen-bond donors (Lipinski definition) is 0. The van der Waals surface area contributed by atoms with Gasteiger partial charge in [0.1, 0.15) is 0 Å². The van der Waals surface area contributed by atoms with E-state index in [0.717, 1.165) is 14.3 Å². The van der Waals surface area contributed by atoms with Gasteiger partial charge < -0.3 is 0 Å². The molecular formula is C22H19BrCl2S. The summed E-state index contributed by atoms with van der Waals surface area (Å²) in [6.45, 7) is 6.68. The Morgan fingerprint density at radius 1 is 0.808 bits per heavy atom. The van der Waals surface area contributed by atoms with Gasteiger partial charge in [-0.1, -0.05) is 95.9 Å². The standard InChI is InChI=1S/C22H19BrCl2S/c1-22(2,3)16-6-4-14(5-7-16)15-10-17(23)12-19(11-15)26-21-9-8-18(24)13-20(21)25/h4-13H,1-3H3. The molecule has 0 N–H and O–H groups in total. The summed E-state index contributed by atoms with van der Waals surface area (Å²) in [5.74, 6) is 0. The van der Waals surface area contributed by atoms with Gasteiger partial charge in [-0.25, -0.2) is 0 Å². The van der Waals surface area contributed by atoms with Crippen molar-refractivity contribution in [3.63, 3.8) is 0 Å². The van der Waals surface area contributed by atoms with Gasteiger partial charge in [-0.05, 0) is 58.5 Å². The summed E-state index contributed by atoms with van der Waals surface area (Å²) in [6, 6.07) is 20.8. The van der Waals surface area contributed by atoms with Gasteiger partial charge in [0.05, 0.1) is 5.02 Å². The Labute approximate surface area is 178 Å². The van der Waals surface area contributed by atoms with Gasteiger partial charge in [0.25, 0.3) is 0 Å². The highest BCUT2D eigenvalue weighted by Crippen LogP contribution is 2.38. The molecule has 3 aromatic rings. The maximum absolute atomic E-state index is 6.32. The molecule has 0 atom stereocenters. The van der Waals surface area contributed by atoms with Crippen LogP contribution >= 0.6 is 50.9 Å². The second kappa shape index (κ2) is 7.98. The Hall–Kier alpha value is -0.930. The molecule has 0 radical (unpaired) electrons. The van der Waals surface area contributed by atoms with Crippen LogP contribution in [0.25, 0.3) is 11.1 Å². The van der Waals surface area contributed by atoms with Crippen molar-refractivity contribution in [3.05, 3.63) is 80.7 Å². The smallest absolute Gasteiger partial charge is 0.0560 e. The summed E-state index contributed by atoms with van der Waals surface area (Å²) in [5.41, 5.74) is 3.86. The second-order valence-corrected chi connectivity index (χ2v) is 10.1. The molecule has 0 spiro atoms. The summed E-state index contributed by atoms with van der Waals surface area (Å²) >= 11 is 17.6. The average Bonchev–Trinajstić information content (AvgIpc) is 2.56. The van der Waals surface area contributed by atoms with Crippen LogP contribution in [0.15, 0.2) is 74.9 Å². The van der Waals surface area contributed by atoms with Crippen molar-refractivity contribution in [1.29, 1.82) is 0 Å². The Bertz CT molecular complexity index is 928. The van der Waals surface area contributed by atoms with Gasteiger partial charge in [0.15, 0.2) is 0 Å². The minimum atomic E-state index is 0.155. The summed E-state index contributed by atoms with van der Waals surface area (Å²) in [7, 11) is 0. The molecule has 4 heteroatoms. The van der Waals surface area contributed by atoms with Gasteiger partial charge in [-0.3, -0.25) is 0 Å². The normalized spacial score (nSPS) is 11.6. The van der Waals surface area contributed by atoms with E-state index >= 15 is 0 Å². The first-order chi connectivity index (χ1) is 12.2. The van der Waals surface area contributed by atoms with E-state index in [9.17, 15) is 0 Å². The molecule has 0 saturated heterocycles. The number of benzene rings is 3. The minimum absolute atomic E-state index is 0.155. The third-order valence-electron chi connectivity index (χ3n) is 4.08. The lowest BCUT2D eigenvalue weighted by molar-refractivity contribution is 0.590. The maximum Gasteiger partial charge on any atom is 0.0560 e. The Morgan fingerprint density at radius 2 is 1.50 bits per heavy atom. The van der Waals surface area contributed by atoms with Crippen LogP contribution in [0.1, 0.15) is 26.3 Å². The predicted octanol–water partition coefficient (Wildman–Crippen LogP) is 8.87. The van der Waals surface area contributed by atoms with Crippen LogP contribution in [-0.2, 0) is 5.41 Å². The highest BCUT2D eigenvalue weighted by molar-refractivity contribution is 9.10. The molecular weight excluding hydrogens is 447 g/mol. The highest BCUT2D eigenvalue weighted by Gasteiger charge is 2.13. The molecule has 3 rings (SSSR count). The largest absolute Gasteiger partial charge is 0.0885 e. The van der Waals surface area contributed by atoms with Gasteiger partial charge in [0.2, 0.25) is 0 Å². The van der Waals surface area contributed by atoms with Gasteiger partial charge in [-0.15, -0.1) is 0 Å². The van der Waals surface area contributed by atoms with Crippen molar-refractivity contribution in [3.8, 4) is 11.1 Å². The van der Waals surface area contributed by atoms with E-state index in [-0.39, 0.29) is 5.41 Å². The zero-order valence-electron chi connectivity index (χ0n) is 14.8. The van der Waals surface area contributed by atoms with Crippen LogP contribution in [0.3, 0.4) is 0 Å². The molecule has 0 aliphatic rings. The third kappa shape index (κ3) is 4.86. The molecule has 3 aromatic carbocycles. The second-order valence-electron chi connectivity index (χ2n) is 7.18. The first-order valence-corrected chi connectivity index (χ1v) is 10.6. The summed E-state index contributed by atoms with van der Waals surface area (Å²) < 4.78 is 1.04. The zero-order chi connectivity index (χ0) is 18.9. The lowest BCUT2D eigenvalue weighted by atomic mass is 9.86. The van der Waals surface area contributed by atoms with Crippen molar-refractivity contribution < 1.29 is 0 Å². The first-order valence-electron chi connectivity index (χ1n) is 8.27. The highest BCUT2D eigenvalue weighted by atomic mass is 79.9. The SMILES string of the molecule is CC(C)(C)c1ccc(-c2cc(Br)cc(Sc3ccc(Cl)cc3Cl)c2)cc1. The van der Waals surface area contributed by atoms with Crippen LogP contribution < -0.4 is 0 Å². The molecule has 0 fully saturated rings. The molecule has 0 aliphatic carbocycles. The number of halogens is 3. The monoisotopic (exact) mass is 464 g/mol. The Kier molecular flexibility index (Phi) is 6.08. The van der Waals surface area contributed by atoms with E-state index in [1.54, 1.807) is 17.8 Å². The fraction of sp³-hybridized carbons (Fsp3) is 0.182. The fourth-order valence-electron chi connectivity index (χ4n) is 2.64. The van der Waals surface area contributed by atoms with Crippen molar-refractivity contribution in [1.82, 2.24) is 0 Å². The lowest BCUT2D eigenvalue weighted by Gasteiger charge is -2.19. The molecule has 0 saturated carbocycles.